The zero-order valence-electron chi connectivity index (χ0n) is 8.66. The molecule has 0 aliphatic carbocycles. The summed E-state index contributed by atoms with van der Waals surface area (Å²) in [6.07, 6.45) is 0. The van der Waals surface area contributed by atoms with Crippen LogP contribution in [0.2, 0.25) is 0 Å². The lowest BCUT2D eigenvalue weighted by atomic mass is 10.2. The number of anilines is 1. The maximum absolute atomic E-state index is 10.8. The zero-order valence-corrected chi connectivity index (χ0v) is 8.66. The van der Waals surface area contributed by atoms with E-state index in [-0.39, 0.29) is 5.56 Å². The molecule has 0 unspecified atom stereocenters. The largest absolute Gasteiger partial charge is 0.478 e. The van der Waals surface area contributed by atoms with E-state index in [1.807, 2.05) is 0 Å². The smallest absolute Gasteiger partial charge is 0.335 e. The summed E-state index contributed by atoms with van der Waals surface area (Å²) in [5.74, 6) is 5.13. The van der Waals surface area contributed by atoms with Gasteiger partial charge in [-0.1, -0.05) is 5.92 Å². The number of aromatic nitrogens is 1. The maximum Gasteiger partial charge on any atom is 0.335 e. The molecular weight excluding hydrogens is 192 g/mol. The summed E-state index contributed by atoms with van der Waals surface area (Å²) in [6.45, 7) is 3.96. The van der Waals surface area contributed by atoms with Crippen molar-refractivity contribution in [2.45, 2.75) is 13.8 Å². The van der Waals surface area contributed by atoms with Gasteiger partial charge in [-0.25, -0.2) is 9.78 Å². The molecule has 0 bridgehead atoms. The molecule has 78 valence electrons. The van der Waals surface area contributed by atoms with Gasteiger partial charge >= 0.3 is 5.97 Å². The van der Waals surface area contributed by atoms with Crippen LogP contribution in [-0.2, 0) is 0 Å². The summed E-state index contributed by atoms with van der Waals surface area (Å²) in [5, 5.41) is 11.8. The number of carboxylic acid groups (broad SMARTS) is 1. The van der Waals surface area contributed by atoms with Crippen LogP contribution in [0.5, 0.6) is 0 Å². The Labute approximate surface area is 88.3 Å². The van der Waals surface area contributed by atoms with Gasteiger partial charge in [0.15, 0.2) is 0 Å². The molecule has 15 heavy (non-hydrogen) atoms. The average molecular weight is 204 g/mol. The van der Waals surface area contributed by atoms with Gasteiger partial charge in [-0.2, -0.15) is 0 Å². The van der Waals surface area contributed by atoms with Gasteiger partial charge in [-0.05, 0) is 26.0 Å². The number of nitrogens with one attached hydrogen (secondary N) is 1. The quantitative estimate of drug-likeness (QED) is 0.733. The SMILES string of the molecule is CC#CCNc1cc(C(=O)O)cc(C)n1. The van der Waals surface area contributed by atoms with Gasteiger partial charge in [0, 0.05) is 5.69 Å². The molecule has 0 aromatic carbocycles. The Balaban J connectivity index is 2.87. The second-order valence-corrected chi connectivity index (χ2v) is 2.97. The lowest BCUT2D eigenvalue weighted by Gasteiger charge is -2.04. The van der Waals surface area contributed by atoms with Crippen molar-refractivity contribution in [1.29, 1.82) is 0 Å². The summed E-state index contributed by atoms with van der Waals surface area (Å²) in [6, 6.07) is 3.02. The monoisotopic (exact) mass is 204 g/mol. The molecule has 0 amide bonds. The third-order valence-electron chi connectivity index (χ3n) is 1.74. The van der Waals surface area contributed by atoms with Gasteiger partial charge < -0.3 is 10.4 Å². The summed E-state index contributed by atoms with van der Waals surface area (Å²) in [4.78, 5) is 14.9. The highest BCUT2D eigenvalue weighted by atomic mass is 16.4. The number of carboxylic acids is 1. The summed E-state index contributed by atoms with van der Waals surface area (Å²) in [5.41, 5.74) is 0.899. The normalized spacial score (nSPS) is 8.93. The second kappa shape index (κ2) is 5.01. The van der Waals surface area contributed by atoms with Gasteiger partial charge in [0.25, 0.3) is 0 Å². The minimum atomic E-state index is -0.954. The van der Waals surface area contributed by atoms with Gasteiger partial charge in [-0.15, -0.1) is 5.92 Å². The average Bonchev–Trinajstić information content (AvgIpc) is 2.17. The fourth-order valence-corrected chi connectivity index (χ4v) is 1.11. The second-order valence-electron chi connectivity index (χ2n) is 2.97. The van der Waals surface area contributed by atoms with Crippen LogP contribution in [0.25, 0.3) is 0 Å². The molecule has 1 rings (SSSR count). The molecule has 0 atom stereocenters. The summed E-state index contributed by atoms with van der Waals surface area (Å²) >= 11 is 0. The van der Waals surface area contributed by atoms with E-state index in [1.165, 1.54) is 12.1 Å². The number of aromatic carboxylic acids is 1. The van der Waals surface area contributed by atoms with E-state index < -0.39 is 5.97 Å². The number of carbonyl (C=O) groups is 1. The fraction of sp³-hybridized carbons (Fsp3) is 0.273. The molecule has 0 saturated carbocycles. The van der Waals surface area contributed by atoms with Gasteiger partial charge in [0.1, 0.15) is 5.82 Å². The molecule has 0 aliphatic rings. The van der Waals surface area contributed by atoms with Crippen molar-refractivity contribution in [3.8, 4) is 11.8 Å². The zero-order chi connectivity index (χ0) is 11.3. The predicted molar refractivity (Wildman–Crippen MR) is 57.9 cm³/mol. The highest BCUT2D eigenvalue weighted by Crippen LogP contribution is 2.09. The first-order valence-corrected chi connectivity index (χ1v) is 4.49. The molecular formula is C11H12N2O2. The highest BCUT2D eigenvalue weighted by molar-refractivity contribution is 5.88. The van der Waals surface area contributed by atoms with Crippen LogP contribution in [0.1, 0.15) is 23.0 Å². The van der Waals surface area contributed by atoms with Crippen LogP contribution in [0.15, 0.2) is 12.1 Å². The number of hydrogen-bond acceptors (Lipinski definition) is 3. The molecule has 0 aliphatic heterocycles. The Morgan fingerprint density at radius 1 is 1.60 bits per heavy atom. The minimum Gasteiger partial charge on any atom is -0.478 e. The van der Waals surface area contributed by atoms with Crippen LogP contribution in [0.3, 0.4) is 0 Å². The molecule has 0 fully saturated rings. The minimum absolute atomic E-state index is 0.231. The van der Waals surface area contributed by atoms with Gasteiger partial charge in [0.2, 0.25) is 0 Å². The molecule has 0 spiro atoms. The van der Waals surface area contributed by atoms with E-state index in [1.54, 1.807) is 13.8 Å². The Morgan fingerprint density at radius 2 is 2.33 bits per heavy atom. The Morgan fingerprint density at radius 3 is 2.93 bits per heavy atom. The number of nitrogens with zero attached hydrogens (tertiary/aromatic N) is 1. The molecule has 1 aromatic rings. The molecule has 2 N–H and O–H groups in total. The highest BCUT2D eigenvalue weighted by Gasteiger charge is 2.05. The van der Waals surface area contributed by atoms with Crippen LogP contribution < -0.4 is 5.32 Å². The number of rotatable bonds is 3. The summed E-state index contributed by atoms with van der Waals surface area (Å²) < 4.78 is 0. The van der Waals surface area contributed by atoms with E-state index in [4.69, 9.17) is 5.11 Å². The lowest BCUT2D eigenvalue weighted by Crippen LogP contribution is -2.05. The van der Waals surface area contributed by atoms with E-state index >= 15 is 0 Å². The molecule has 0 radical (unpaired) electrons. The van der Waals surface area contributed by atoms with Crippen molar-refractivity contribution in [3.63, 3.8) is 0 Å². The maximum atomic E-state index is 10.8. The molecule has 1 heterocycles. The van der Waals surface area contributed by atoms with Crippen molar-refractivity contribution < 1.29 is 9.90 Å². The Kier molecular flexibility index (Phi) is 3.69. The third-order valence-corrected chi connectivity index (χ3v) is 1.74. The Bertz CT molecular complexity index is 430. The topological polar surface area (TPSA) is 62.2 Å². The van der Waals surface area contributed by atoms with Crippen LogP contribution in [0, 0.1) is 18.8 Å². The van der Waals surface area contributed by atoms with Crippen molar-refractivity contribution in [1.82, 2.24) is 4.98 Å². The predicted octanol–water partition coefficient (Wildman–Crippen LogP) is 1.52. The number of hydrogen-bond donors (Lipinski definition) is 2. The first-order valence-electron chi connectivity index (χ1n) is 4.49. The van der Waals surface area contributed by atoms with E-state index in [0.717, 1.165) is 0 Å². The summed E-state index contributed by atoms with van der Waals surface area (Å²) in [7, 11) is 0. The molecule has 1 aromatic heterocycles. The van der Waals surface area contributed by atoms with Crippen LogP contribution in [0.4, 0.5) is 5.82 Å². The van der Waals surface area contributed by atoms with Crippen molar-refractivity contribution >= 4 is 11.8 Å². The fourth-order valence-electron chi connectivity index (χ4n) is 1.11. The van der Waals surface area contributed by atoms with Crippen molar-refractivity contribution in [2.75, 3.05) is 11.9 Å². The van der Waals surface area contributed by atoms with E-state index in [9.17, 15) is 4.79 Å². The molecule has 4 heteroatoms. The van der Waals surface area contributed by atoms with E-state index in [0.29, 0.717) is 18.1 Å². The van der Waals surface area contributed by atoms with Crippen LogP contribution >= 0.6 is 0 Å². The van der Waals surface area contributed by atoms with Crippen LogP contribution in [-0.4, -0.2) is 22.6 Å². The molecule has 4 nitrogen and oxygen atoms in total. The van der Waals surface area contributed by atoms with Gasteiger partial charge in [-0.3, -0.25) is 0 Å². The Hall–Kier alpha value is -2.02. The molecule has 0 saturated heterocycles. The standard InChI is InChI=1S/C11H12N2O2/c1-3-4-5-12-10-7-9(11(14)15)6-8(2)13-10/h6-7H,5H2,1-2H3,(H,12,13)(H,14,15). The van der Waals surface area contributed by atoms with E-state index in [2.05, 4.69) is 22.1 Å². The third kappa shape index (κ3) is 3.31. The number of aryl methyl sites for hydroxylation is 1. The first-order chi connectivity index (χ1) is 7.13. The lowest BCUT2D eigenvalue weighted by molar-refractivity contribution is 0.0696. The van der Waals surface area contributed by atoms with Gasteiger partial charge in [0.05, 0.1) is 12.1 Å². The number of pyridine rings is 1. The first kappa shape index (κ1) is 11.1. The van der Waals surface area contributed by atoms with Crippen molar-refractivity contribution in [2.24, 2.45) is 0 Å². The van der Waals surface area contributed by atoms with Crippen molar-refractivity contribution in [3.05, 3.63) is 23.4 Å².